The Balaban J connectivity index is 1.39. The van der Waals surface area contributed by atoms with Crippen LogP contribution in [0.4, 0.5) is 4.79 Å². The Morgan fingerprint density at radius 3 is 2.48 bits per heavy atom. The zero-order valence-corrected chi connectivity index (χ0v) is 15.3. The van der Waals surface area contributed by atoms with Gasteiger partial charge in [-0.15, -0.1) is 5.10 Å². The van der Waals surface area contributed by atoms with Crippen LogP contribution in [0.1, 0.15) is 5.56 Å². The lowest BCUT2D eigenvalue weighted by Gasteiger charge is -2.34. The molecule has 2 aromatic carbocycles. The minimum Gasteiger partial charge on any atom is -0.320 e. The number of halogens is 1. The van der Waals surface area contributed by atoms with E-state index in [1.54, 1.807) is 0 Å². The van der Waals surface area contributed by atoms with Crippen LogP contribution in [0.5, 0.6) is 0 Å². The van der Waals surface area contributed by atoms with Gasteiger partial charge >= 0.3 is 6.03 Å². The zero-order chi connectivity index (χ0) is 17.2. The zero-order valence-electron chi connectivity index (χ0n) is 13.7. The van der Waals surface area contributed by atoms with Crippen LogP contribution in [0.15, 0.2) is 53.0 Å². The van der Waals surface area contributed by atoms with Crippen LogP contribution in [0.3, 0.4) is 0 Å². The first-order chi connectivity index (χ1) is 12.2. The fourth-order valence-corrected chi connectivity index (χ4v) is 3.35. The largest absolute Gasteiger partial charge is 0.346 e. The predicted octanol–water partition coefficient (Wildman–Crippen LogP) is 2.98. The highest BCUT2D eigenvalue weighted by molar-refractivity contribution is 9.10. The van der Waals surface area contributed by atoms with Crippen molar-refractivity contribution in [3.63, 3.8) is 0 Å². The van der Waals surface area contributed by atoms with Crippen LogP contribution in [0, 0.1) is 0 Å². The molecule has 3 aromatic rings. The molecular weight excluding hydrogens is 382 g/mol. The molecule has 1 aliphatic rings. The van der Waals surface area contributed by atoms with Gasteiger partial charge in [0.25, 0.3) is 0 Å². The first-order valence-electron chi connectivity index (χ1n) is 8.27. The van der Waals surface area contributed by atoms with Crippen molar-refractivity contribution >= 4 is 33.0 Å². The van der Waals surface area contributed by atoms with Gasteiger partial charge in [-0.1, -0.05) is 45.4 Å². The molecule has 128 valence electrons. The predicted molar refractivity (Wildman–Crippen MR) is 99.3 cm³/mol. The van der Waals surface area contributed by atoms with Crippen LogP contribution in [-0.4, -0.2) is 57.0 Å². The minimum atomic E-state index is -0.100. The molecule has 6 nitrogen and oxygen atoms in total. The number of hydrogen-bond donors (Lipinski definition) is 0. The monoisotopic (exact) mass is 399 g/mol. The van der Waals surface area contributed by atoms with Gasteiger partial charge in [-0.3, -0.25) is 4.90 Å². The fraction of sp³-hybridized carbons (Fsp3) is 0.278. The third kappa shape index (κ3) is 3.43. The van der Waals surface area contributed by atoms with E-state index in [0.29, 0.717) is 13.1 Å². The Labute approximate surface area is 154 Å². The van der Waals surface area contributed by atoms with E-state index in [1.807, 2.05) is 29.2 Å². The van der Waals surface area contributed by atoms with Gasteiger partial charge in [0.05, 0.1) is 5.52 Å². The van der Waals surface area contributed by atoms with Crippen molar-refractivity contribution in [2.45, 2.75) is 6.54 Å². The van der Waals surface area contributed by atoms with Crippen molar-refractivity contribution < 1.29 is 4.79 Å². The molecule has 1 saturated heterocycles. The summed E-state index contributed by atoms with van der Waals surface area (Å²) in [5.74, 6) is 0. The van der Waals surface area contributed by atoms with Crippen molar-refractivity contribution in [2.24, 2.45) is 0 Å². The number of rotatable bonds is 2. The van der Waals surface area contributed by atoms with E-state index in [4.69, 9.17) is 0 Å². The first kappa shape index (κ1) is 16.2. The molecule has 1 amide bonds. The number of hydrogen-bond acceptors (Lipinski definition) is 4. The molecule has 0 radical (unpaired) electrons. The fourth-order valence-electron chi connectivity index (χ4n) is 3.09. The summed E-state index contributed by atoms with van der Waals surface area (Å²) in [7, 11) is 0. The Bertz CT molecular complexity index is 884. The maximum atomic E-state index is 12.7. The highest BCUT2D eigenvalue weighted by atomic mass is 79.9. The van der Waals surface area contributed by atoms with Gasteiger partial charge in [-0.05, 0) is 29.8 Å². The van der Waals surface area contributed by atoms with E-state index in [9.17, 15) is 4.79 Å². The van der Waals surface area contributed by atoms with Gasteiger partial charge < -0.3 is 4.90 Å². The number of nitrogens with zero attached hydrogens (tertiary/aromatic N) is 5. The summed E-state index contributed by atoms with van der Waals surface area (Å²) in [6.07, 6.45) is 0. The van der Waals surface area contributed by atoms with E-state index in [-0.39, 0.29) is 6.03 Å². The van der Waals surface area contributed by atoms with Crippen molar-refractivity contribution in [2.75, 3.05) is 26.2 Å². The minimum absolute atomic E-state index is 0.100. The van der Waals surface area contributed by atoms with Gasteiger partial charge in [0.15, 0.2) is 0 Å². The van der Waals surface area contributed by atoms with E-state index < -0.39 is 0 Å². The van der Waals surface area contributed by atoms with Crippen molar-refractivity contribution in [3.8, 4) is 0 Å². The molecule has 0 spiro atoms. The van der Waals surface area contributed by atoms with Crippen molar-refractivity contribution in [1.82, 2.24) is 24.8 Å². The van der Waals surface area contributed by atoms with Crippen molar-refractivity contribution in [1.29, 1.82) is 0 Å². The molecule has 2 heterocycles. The summed E-state index contributed by atoms with van der Waals surface area (Å²) < 4.78 is 2.49. The quantitative estimate of drug-likeness (QED) is 0.664. The molecule has 1 aliphatic heterocycles. The second kappa shape index (κ2) is 6.93. The summed E-state index contributed by atoms with van der Waals surface area (Å²) in [5.41, 5.74) is 2.78. The molecule has 7 heteroatoms. The lowest BCUT2D eigenvalue weighted by atomic mass is 10.2. The molecule has 0 aliphatic carbocycles. The Morgan fingerprint density at radius 1 is 1.00 bits per heavy atom. The van der Waals surface area contributed by atoms with E-state index in [1.165, 1.54) is 10.2 Å². The first-order valence-corrected chi connectivity index (χ1v) is 9.06. The lowest BCUT2D eigenvalue weighted by molar-refractivity contribution is 0.134. The highest BCUT2D eigenvalue weighted by Crippen LogP contribution is 2.15. The highest BCUT2D eigenvalue weighted by Gasteiger charge is 2.24. The summed E-state index contributed by atoms with van der Waals surface area (Å²) in [6, 6.07) is 15.8. The number of amides is 1. The topological polar surface area (TPSA) is 54.3 Å². The number of carbonyl (C=O) groups is 1. The molecule has 4 rings (SSSR count). The number of para-hydroxylation sites is 1. The van der Waals surface area contributed by atoms with Crippen molar-refractivity contribution in [3.05, 3.63) is 58.6 Å². The molecule has 0 bridgehead atoms. The summed E-state index contributed by atoms with van der Waals surface area (Å²) >= 11 is 3.46. The third-order valence-electron chi connectivity index (χ3n) is 4.50. The Morgan fingerprint density at radius 2 is 1.72 bits per heavy atom. The van der Waals surface area contributed by atoms with Crippen LogP contribution < -0.4 is 0 Å². The van der Waals surface area contributed by atoms with Crippen LogP contribution >= 0.6 is 15.9 Å². The third-order valence-corrected chi connectivity index (χ3v) is 5.02. The molecular formula is C18H18BrN5O. The van der Waals surface area contributed by atoms with Crippen LogP contribution in [-0.2, 0) is 6.54 Å². The average molecular weight is 400 g/mol. The van der Waals surface area contributed by atoms with Gasteiger partial charge in [-0.2, -0.15) is 4.68 Å². The summed E-state index contributed by atoms with van der Waals surface area (Å²) in [5, 5.41) is 8.09. The van der Waals surface area contributed by atoms with E-state index in [2.05, 4.69) is 55.4 Å². The van der Waals surface area contributed by atoms with Gasteiger partial charge in [0, 0.05) is 37.2 Å². The number of benzene rings is 2. The molecule has 1 fully saturated rings. The molecule has 25 heavy (non-hydrogen) atoms. The Hall–Kier alpha value is -2.25. The smallest absolute Gasteiger partial charge is 0.320 e. The van der Waals surface area contributed by atoms with E-state index in [0.717, 1.165) is 35.1 Å². The second-order valence-corrected chi connectivity index (χ2v) is 7.08. The normalized spacial score (nSPS) is 15.6. The number of aromatic nitrogens is 3. The van der Waals surface area contributed by atoms with Gasteiger partial charge in [0.2, 0.25) is 0 Å². The summed E-state index contributed by atoms with van der Waals surface area (Å²) in [4.78, 5) is 17.0. The molecule has 0 unspecified atom stereocenters. The summed E-state index contributed by atoms with van der Waals surface area (Å²) in [6.45, 7) is 4.01. The Kier molecular flexibility index (Phi) is 4.50. The van der Waals surface area contributed by atoms with Crippen LogP contribution in [0.25, 0.3) is 11.0 Å². The lowest BCUT2D eigenvalue weighted by Crippen LogP contribution is -2.49. The average Bonchev–Trinajstić information content (AvgIpc) is 3.08. The van der Waals surface area contributed by atoms with Gasteiger partial charge in [0.1, 0.15) is 5.52 Å². The number of fused-ring (bicyclic) bond motifs is 1. The maximum Gasteiger partial charge on any atom is 0.346 e. The second-order valence-electron chi connectivity index (χ2n) is 6.16. The molecule has 0 saturated carbocycles. The standard InChI is InChI=1S/C18H18BrN5O/c19-15-7-5-14(6-8-15)13-22-9-11-23(12-10-22)18(25)24-17-4-2-1-3-16(17)20-21-24/h1-8H,9-13H2. The number of carbonyl (C=O) groups excluding carboxylic acids is 1. The SMILES string of the molecule is O=C(N1CCN(Cc2ccc(Br)cc2)CC1)n1nnc2ccccc21. The van der Waals surface area contributed by atoms with Gasteiger partial charge in [-0.25, -0.2) is 4.79 Å². The molecule has 1 aromatic heterocycles. The van der Waals surface area contributed by atoms with E-state index >= 15 is 0 Å². The number of piperazine rings is 1. The maximum absolute atomic E-state index is 12.7. The van der Waals surface area contributed by atoms with Crippen LogP contribution in [0.2, 0.25) is 0 Å². The molecule has 0 N–H and O–H groups in total. The molecule has 0 atom stereocenters.